The molecule has 0 fully saturated rings. The van der Waals surface area contributed by atoms with Crippen LogP contribution in [0.3, 0.4) is 0 Å². The molecule has 0 radical (unpaired) electrons. The van der Waals surface area contributed by atoms with Gasteiger partial charge in [-0.2, -0.15) is 13.5 Å². The van der Waals surface area contributed by atoms with Gasteiger partial charge in [0.25, 0.3) is 16.0 Å². The molecule has 0 aliphatic rings. The first-order valence-corrected chi connectivity index (χ1v) is 13.9. The van der Waals surface area contributed by atoms with Crippen LogP contribution in [-0.4, -0.2) is 25.5 Å². The number of hydrogen-bond acceptors (Lipinski definition) is 7. The van der Waals surface area contributed by atoms with E-state index >= 15 is 0 Å². The van der Waals surface area contributed by atoms with E-state index in [9.17, 15) is 22.9 Å². The van der Waals surface area contributed by atoms with Gasteiger partial charge in [0.2, 0.25) is 0 Å². The van der Waals surface area contributed by atoms with Crippen molar-refractivity contribution in [3.05, 3.63) is 81.8 Å². The average molecular weight is 610 g/mol. The topological polar surface area (TPSA) is 140 Å². The van der Waals surface area contributed by atoms with Gasteiger partial charge in [-0.3, -0.25) is 9.35 Å². The Morgan fingerprint density at radius 3 is 2.42 bits per heavy atom. The van der Waals surface area contributed by atoms with E-state index in [1.54, 1.807) is 56.3 Å². The summed E-state index contributed by atoms with van der Waals surface area (Å²) in [6.45, 7) is 3.78. The van der Waals surface area contributed by atoms with E-state index in [4.69, 9.17) is 27.9 Å². The summed E-state index contributed by atoms with van der Waals surface area (Å²) in [6.07, 6.45) is 0.288. The SMILES string of the molecule is CCOc1c(Cl)cccc1NC(=O)c1cc2ccccc2c(N=Nc2cc(S(=O)(=O)O)c(CC)cc2Cl)c1[O-].[Na+]. The molecule has 0 saturated heterocycles. The van der Waals surface area contributed by atoms with E-state index in [-0.39, 0.29) is 74.3 Å². The number of benzene rings is 4. The van der Waals surface area contributed by atoms with Crippen LogP contribution >= 0.6 is 23.2 Å². The summed E-state index contributed by atoms with van der Waals surface area (Å²) in [4.78, 5) is 12.9. The van der Waals surface area contributed by atoms with Crippen molar-refractivity contribution in [3.8, 4) is 11.5 Å². The number of halogens is 2. The number of anilines is 1. The van der Waals surface area contributed by atoms with Crippen LogP contribution in [0.5, 0.6) is 11.5 Å². The first-order valence-electron chi connectivity index (χ1n) is 11.7. The van der Waals surface area contributed by atoms with E-state index < -0.39 is 21.8 Å². The fourth-order valence-corrected chi connectivity index (χ4v) is 5.19. The third-order valence-electron chi connectivity index (χ3n) is 5.77. The van der Waals surface area contributed by atoms with E-state index in [0.29, 0.717) is 28.0 Å². The molecule has 0 unspecified atom stereocenters. The zero-order valence-electron chi connectivity index (χ0n) is 21.7. The van der Waals surface area contributed by atoms with Gasteiger partial charge in [0, 0.05) is 10.9 Å². The number of aryl methyl sites for hydroxylation is 1. The standard InChI is InChI=1S/C27H23Cl2N3O6S.Na/c1-3-15-13-20(29)22(14-23(15)39(35,36)37)31-32-24-17-9-6-5-8-16(17)12-18(25(24)33)27(34)30-21-11-7-10-19(28)26(21)38-4-2;/h5-14,33H,3-4H2,1-2H3,(H,30,34)(H,35,36,37);/q;+1/p-1. The molecule has 0 heterocycles. The van der Waals surface area contributed by atoms with Gasteiger partial charge in [-0.1, -0.05) is 66.2 Å². The van der Waals surface area contributed by atoms with Crippen molar-refractivity contribution in [2.45, 2.75) is 25.2 Å². The summed E-state index contributed by atoms with van der Waals surface area (Å²) in [5.74, 6) is -1.17. The third kappa shape index (κ3) is 6.77. The molecule has 4 aromatic rings. The summed E-state index contributed by atoms with van der Waals surface area (Å²) in [6, 6.07) is 15.5. The van der Waals surface area contributed by atoms with Crippen LogP contribution in [0.25, 0.3) is 10.8 Å². The number of para-hydroxylation sites is 1. The Hall–Kier alpha value is -2.70. The smallest absolute Gasteiger partial charge is 0.870 e. The molecule has 0 aromatic heterocycles. The molecule has 0 atom stereocenters. The van der Waals surface area contributed by atoms with Crippen LogP contribution in [-0.2, 0) is 16.5 Å². The summed E-state index contributed by atoms with van der Waals surface area (Å²) in [7, 11) is -4.56. The number of nitrogens with one attached hydrogen (secondary N) is 1. The van der Waals surface area contributed by atoms with E-state index in [2.05, 4.69) is 15.5 Å². The van der Waals surface area contributed by atoms with Crippen LogP contribution in [0.1, 0.15) is 29.8 Å². The Kier molecular flexibility index (Phi) is 10.6. The van der Waals surface area contributed by atoms with Gasteiger partial charge in [0.1, 0.15) is 5.69 Å². The average Bonchev–Trinajstić information content (AvgIpc) is 2.89. The molecular weight excluding hydrogens is 588 g/mol. The Morgan fingerprint density at radius 1 is 1.02 bits per heavy atom. The van der Waals surface area contributed by atoms with Gasteiger partial charge in [0.15, 0.2) is 5.75 Å². The molecule has 0 spiro atoms. The minimum Gasteiger partial charge on any atom is -0.870 e. The number of carbonyl (C=O) groups excluding carboxylic acids is 1. The molecule has 4 rings (SSSR count). The van der Waals surface area contributed by atoms with Gasteiger partial charge in [0.05, 0.1) is 32.9 Å². The van der Waals surface area contributed by atoms with Crippen molar-refractivity contribution in [1.82, 2.24) is 0 Å². The molecule has 13 heteroatoms. The maximum Gasteiger partial charge on any atom is 1.00 e. The quantitative estimate of drug-likeness (QED) is 0.175. The Labute approximate surface area is 263 Å². The molecule has 202 valence electrons. The molecule has 9 nitrogen and oxygen atoms in total. The second-order valence-electron chi connectivity index (χ2n) is 8.27. The van der Waals surface area contributed by atoms with Crippen molar-refractivity contribution in [1.29, 1.82) is 0 Å². The molecule has 0 saturated carbocycles. The second-order valence-corrected chi connectivity index (χ2v) is 10.5. The fourth-order valence-electron chi connectivity index (χ4n) is 3.95. The fraction of sp³-hybridized carbons (Fsp3) is 0.148. The molecule has 1 amide bonds. The maximum absolute atomic E-state index is 13.5. The van der Waals surface area contributed by atoms with Crippen LogP contribution in [0.4, 0.5) is 17.1 Å². The summed E-state index contributed by atoms with van der Waals surface area (Å²) in [5.41, 5.74) is 0.128. The molecule has 0 aliphatic carbocycles. The number of azo groups is 1. The van der Waals surface area contributed by atoms with Crippen molar-refractivity contribution in [2.75, 3.05) is 11.9 Å². The zero-order chi connectivity index (χ0) is 28.3. The molecule has 0 bridgehead atoms. The minimum absolute atomic E-state index is 0. The van der Waals surface area contributed by atoms with Gasteiger partial charge in [-0.05, 0) is 54.6 Å². The Bertz CT molecular complexity index is 1730. The number of nitrogens with zero attached hydrogens (tertiary/aromatic N) is 2. The second kappa shape index (κ2) is 13.3. The van der Waals surface area contributed by atoms with Gasteiger partial charge >= 0.3 is 29.6 Å². The van der Waals surface area contributed by atoms with Gasteiger partial charge in [-0.25, -0.2) is 0 Å². The number of rotatable bonds is 8. The van der Waals surface area contributed by atoms with E-state index in [0.717, 1.165) is 6.07 Å². The zero-order valence-corrected chi connectivity index (χ0v) is 26.1. The van der Waals surface area contributed by atoms with Crippen molar-refractivity contribution >= 4 is 67.1 Å². The number of hydrogen-bond donors (Lipinski definition) is 2. The third-order valence-corrected chi connectivity index (χ3v) is 7.31. The van der Waals surface area contributed by atoms with Gasteiger partial charge < -0.3 is 15.2 Å². The summed E-state index contributed by atoms with van der Waals surface area (Å²) in [5, 5.41) is 25.6. The molecule has 0 aliphatic heterocycles. The van der Waals surface area contributed by atoms with Crippen molar-refractivity contribution in [2.24, 2.45) is 10.2 Å². The van der Waals surface area contributed by atoms with Crippen molar-refractivity contribution in [3.63, 3.8) is 0 Å². The first-order chi connectivity index (χ1) is 18.5. The normalized spacial score (nSPS) is 11.4. The van der Waals surface area contributed by atoms with Crippen LogP contribution in [0.15, 0.2) is 75.8 Å². The Balaban J connectivity index is 0.00000441. The van der Waals surface area contributed by atoms with E-state index in [1.165, 1.54) is 12.1 Å². The molecule has 40 heavy (non-hydrogen) atoms. The summed E-state index contributed by atoms with van der Waals surface area (Å²) < 4.78 is 38.9. The number of amides is 1. The molecular formula is C27H22Cl2N3NaO6S. The Morgan fingerprint density at radius 2 is 1.75 bits per heavy atom. The van der Waals surface area contributed by atoms with Crippen LogP contribution in [0.2, 0.25) is 10.0 Å². The number of carbonyl (C=O) groups is 1. The summed E-state index contributed by atoms with van der Waals surface area (Å²) >= 11 is 12.5. The minimum atomic E-state index is -4.56. The predicted octanol–water partition coefficient (Wildman–Crippen LogP) is 4.10. The van der Waals surface area contributed by atoms with Crippen LogP contribution in [0, 0.1) is 0 Å². The maximum atomic E-state index is 13.5. The van der Waals surface area contributed by atoms with E-state index in [1.807, 2.05) is 0 Å². The molecule has 4 aromatic carbocycles. The first kappa shape index (κ1) is 31.8. The monoisotopic (exact) mass is 609 g/mol. The largest absolute Gasteiger partial charge is 1.00 e. The van der Waals surface area contributed by atoms with Gasteiger partial charge in [-0.15, -0.1) is 5.11 Å². The molecule has 2 N–H and O–H groups in total. The number of ether oxygens (including phenoxy) is 1. The number of fused-ring (bicyclic) bond motifs is 1. The predicted molar refractivity (Wildman–Crippen MR) is 149 cm³/mol. The van der Waals surface area contributed by atoms with Crippen molar-refractivity contribution < 1.29 is 57.2 Å². The van der Waals surface area contributed by atoms with Crippen LogP contribution < -0.4 is 44.7 Å².